The monoisotopic (exact) mass is 278 g/mol. The van der Waals surface area contributed by atoms with Crippen molar-refractivity contribution in [3.8, 4) is 0 Å². The summed E-state index contributed by atoms with van der Waals surface area (Å²) in [6.07, 6.45) is 7.00. The Hall–Kier alpha value is -0.970. The molecule has 0 saturated carbocycles. The van der Waals surface area contributed by atoms with Gasteiger partial charge in [-0.15, -0.1) is 0 Å². The van der Waals surface area contributed by atoms with E-state index in [0.717, 1.165) is 24.0 Å². The van der Waals surface area contributed by atoms with Gasteiger partial charge >= 0.3 is 0 Å². The van der Waals surface area contributed by atoms with Crippen LogP contribution in [0.3, 0.4) is 0 Å². The minimum atomic E-state index is 0.0154. The van der Waals surface area contributed by atoms with Crippen molar-refractivity contribution in [2.45, 2.75) is 71.2 Å². The summed E-state index contributed by atoms with van der Waals surface area (Å²) < 4.78 is 0. The molecule has 112 valence electrons. The van der Waals surface area contributed by atoms with Gasteiger partial charge in [0.25, 0.3) is 0 Å². The summed E-state index contributed by atoms with van der Waals surface area (Å²) in [7, 11) is 0. The van der Waals surface area contributed by atoms with Crippen LogP contribution in [0.4, 0.5) is 0 Å². The van der Waals surface area contributed by atoms with Crippen LogP contribution in [0.2, 0.25) is 0 Å². The van der Waals surface area contributed by atoms with E-state index in [4.69, 9.17) is 9.94 Å². The Balaban J connectivity index is 2.07. The van der Waals surface area contributed by atoms with Gasteiger partial charge in [0.2, 0.25) is 0 Å². The Morgan fingerprint density at radius 2 is 1.75 bits per heavy atom. The first-order valence-electron chi connectivity index (χ1n) is 7.32. The first-order valence-corrected chi connectivity index (χ1v) is 7.32. The molecule has 1 aromatic rings. The average molecular weight is 278 g/mol. The fourth-order valence-corrected chi connectivity index (χ4v) is 3.17. The molecule has 0 unspecified atom stereocenters. The van der Waals surface area contributed by atoms with Crippen LogP contribution in [0.25, 0.3) is 0 Å². The van der Waals surface area contributed by atoms with Crippen LogP contribution >= 0.6 is 0 Å². The molecule has 0 bridgehead atoms. The molecular formula is C16H26N2O2. The van der Waals surface area contributed by atoms with Gasteiger partial charge in [0.15, 0.2) is 0 Å². The molecule has 0 atom stereocenters. The zero-order chi connectivity index (χ0) is 14.8. The predicted octanol–water partition coefficient (Wildman–Crippen LogP) is 3.05. The molecule has 0 radical (unpaired) electrons. The van der Waals surface area contributed by atoms with Gasteiger partial charge in [-0.2, -0.15) is 5.06 Å². The summed E-state index contributed by atoms with van der Waals surface area (Å²) in [5, 5.41) is 11.3. The van der Waals surface area contributed by atoms with Crippen molar-refractivity contribution in [1.82, 2.24) is 10.0 Å². The molecule has 1 saturated heterocycles. The third-order valence-electron chi connectivity index (χ3n) is 4.07. The lowest BCUT2D eigenvalue weighted by Gasteiger charge is -2.51. The SMILES string of the molecule is CC1(C)CCCC(C)(C)N1OCc1cncc(CO)c1. The third kappa shape index (κ3) is 3.37. The summed E-state index contributed by atoms with van der Waals surface area (Å²) in [4.78, 5) is 10.2. The quantitative estimate of drug-likeness (QED) is 0.919. The number of hydrogen-bond acceptors (Lipinski definition) is 4. The van der Waals surface area contributed by atoms with Crippen molar-refractivity contribution in [2.75, 3.05) is 0 Å². The molecule has 0 aromatic carbocycles. The highest BCUT2D eigenvalue weighted by atomic mass is 16.7. The van der Waals surface area contributed by atoms with Crippen LogP contribution in [-0.4, -0.2) is 26.2 Å². The molecule has 1 aliphatic rings. The maximum Gasteiger partial charge on any atom is 0.0951 e. The molecule has 1 N–H and O–H groups in total. The Kier molecular flexibility index (Phi) is 4.47. The minimum Gasteiger partial charge on any atom is -0.392 e. The van der Waals surface area contributed by atoms with Crippen molar-refractivity contribution < 1.29 is 9.94 Å². The topological polar surface area (TPSA) is 45.6 Å². The lowest BCUT2D eigenvalue weighted by Crippen LogP contribution is -2.58. The number of aliphatic hydroxyl groups excluding tert-OH is 1. The van der Waals surface area contributed by atoms with Crippen molar-refractivity contribution in [1.29, 1.82) is 0 Å². The minimum absolute atomic E-state index is 0.0154. The first-order chi connectivity index (χ1) is 9.35. The van der Waals surface area contributed by atoms with Crippen molar-refractivity contribution in [2.24, 2.45) is 0 Å². The molecule has 1 fully saturated rings. The zero-order valence-electron chi connectivity index (χ0n) is 13.0. The van der Waals surface area contributed by atoms with E-state index in [9.17, 15) is 0 Å². The Labute approximate surface area is 121 Å². The van der Waals surface area contributed by atoms with Crippen LogP contribution in [0.5, 0.6) is 0 Å². The number of aromatic nitrogens is 1. The number of hydroxylamine groups is 2. The van der Waals surface area contributed by atoms with Gasteiger partial charge in [0.1, 0.15) is 0 Å². The van der Waals surface area contributed by atoms with E-state index >= 15 is 0 Å². The summed E-state index contributed by atoms with van der Waals surface area (Å²) in [5.74, 6) is 0. The number of nitrogens with zero attached hydrogens (tertiary/aromatic N) is 2. The number of aliphatic hydroxyl groups is 1. The molecule has 4 heteroatoms. The Morgan fingerprint density at radius 3 is 2.35 bits per heavy atom. The normalized spacial score (nSPS) is 21.9. The van der Waals surface area contributed by atoms with Gasteiger partial charge in [-0.1, -0.05) is 0 Å². The first kappa shape index (κ1) is 15.4. The summed E-state index contributed by atoms with van der Waals surface area (Å²) in [6, 6.07) is 1.94. The molecule has 2 heterocycles. The highest BCUT2D eigenvalue weighted by molar-refractivity contribution is 5.16. The van der Waals surface area contributed by atoms with E-state index in [1.807, 2.05) is 6.07 Å². The molecule has 2 rings (SSSR count). The van der Waals surface area contributed by atoms with Gasteiger partial charge in [0.05, 0.1) is 13.2 Å². The molecule has 0 amide bonds. The van der Waals surface area contributed by atoms with E-state index in [-0.39, 0.29) is 17.7 Å². The van der Waals surface area contributed by atoms with Gasteiger partial charge < -0.3 is 5.11 Å². The van der Waals surface area contributed by atoms with Crippen LogP contribution in [0.1, 0.15) is 58.1 Å². The molecular weight excluding hydrogens is 252 g/mol. The van der Waals surface area contributed by atoms with Crippen LogP contribution in [0, 0.1) is 0 Å². The maximum atomic E-state index is 9.15. The van der Waals surface area contributed by atoms with E-state index in [2.05, 4.69) is 37.7 Å². The second-order valence-corrected chi connectivity index (χ2v) is 6.91. The Morgan fingerprint density at radius 1 is 1.15 bits per heavy atom. The number of hydrogen-bond donors (Lipinski definition) is 1. The highest BCUT2D eigenvalue weighted by Gasteiger charge is 2.42. The number of piperidine rings is 1. The molecule has 4 nitrogen and oxygen atoms in total. The van der Waals surface area contributed by atoms with Crippen molar-refractivity contribution in [3.05, 3.63) is 29.6 Å². The summed E-state index contributed by atoms with van der Waals surface area (Å²) in [6.45, 7) is 9.44. The van der Waals surface area contributed by atoms with Gasteiger partial charge in [-0.3, -0.25) is 9.82 Å². The molecule has 20 heavy (non-hydrogen) atoms. The third-order valence-corrected chi connectivity index (χ3v) is 4.07. The molecule has 0 spiro atoms. The molecule has 1 aromatic heterocycles. The van der Waals surface area contributed by atoms with Crippen molar-refractivity contribution in [3.63, 3.8) is 0 Å². The van der Waals surface area contributed by atoms with E-state index in [0.29, 0.717) is 6.61 Å². The second-order valence-electron chi connectivity index (χ2n) is 6.91. The fraction of sp³-hybridized carbons (Fsp3) is 0.688. The zero-order valence-corrected chi connectivity index (χ0v) is 13.0. The number of pyridine rings is 1. The van der Waals surface area contributed by atoms with Gasteiger partial charge in [0, 0.05) is 23.5 Å². The van der Waals surface area contributed by atoms with E-state index < -0.39 is 0 Å². The van der Waals surface area contributed by atoms with Crippen LogP contribution in [0.15, 0.2) is 18.5 Å². The lowest BCUT2D eigenvalue weighted by atomic mass is 9.82. The van der Waals surface area contributed by atoms with Gasteiger partial charge in [-0.05, 0) is 64.2 Å². The second kappa shape index (κ2) is 5.80. The van der Waals surface area contributed by atoms with Crippen LogP contribution in [-0.2, 0) is 18.1 Å². The molecule has 1 aliphatic heterocycles. The average Bonchev–Trinajstić information content (AvgIpc) is 2.37. The van der Waals surface area contributed by atoms with E-state index in [1.54, 1.807) is 12.4 Å². The standard InChI is InChI=1S/C16H26N2O2/c1-15(2)6-5-7-16(3,4)18(15)20-12-14-8-13(11-19)9-17-10-14/h8-10,19H,5-7,11-12H2,1-4H3. The highest BCUT2D eigenvalue weighted by Crippen LogP contribution is 2.38. The van der Waals surface area contributed by atoms with Crippen LogP contribution < -0.4 is 0 Å². The largest absolute Gasteiger partial charge is 0.392 e. The smallest absolute Gasteiger partial charge is 0.0951 e. The lowest BCUT2D eigenvalue weighted by molar-refractivity contribution is -0.288. The fourth-order valence-electron chi connectivity index (χ4n) is 3.17. The number of rotatable bonds is 4. The molecule has 0 aliphatic carbocycles. The van der Waals surface area contributed by atoms with Gasteiger partial charge in [-0.25, -0.2) is 0 Å². The Bertz CT molecular complexity index is 442. The predicted molar refractivity (Wildman–Crippen MR) is 78.8 cm³/mol. The maximum absolute atomic E-state index is 9.15. The van der Waals surface area contributed by atoms with E-state index in [1.165, 1.54) is 6.42 Å². The van der Waals surface area contributed by atoms with Crippen molar-refractivity contribution >= 4 is 0 Å². The summed E-state index contributed by atoms with van der Waals surface area (Å²) in [5.41, 5.74) is 1.91. The summed E-state index contributed by atoms with van der Waals surface area (Å²) >= 11 is 0.